The fourth-order valence-electron chi connectivity index (χ4n) is 1.79. The molecule has 0 bridgehead atoms. The van der Waals surface area contributed by atoms with Crippen LogP contribution in [0.4, 0.5) is 0 Å². The molecule has 1 unspecified atom stereocenters. The van der Waals surface area contributed by atoms with E-state index in [9.17, 15) is 0 Å². The molecule has 0 saturated carbocycles. The molecular weight excluding hydrogens is 208 g/mol. The van der Waals surface area contributed by atoms with E-state index in [1.54, 1.807) is 0 Å². The summed E-state index contributed by atoms with van der Waals surface area (Å²) in [5.74, 6) is 8.19. The minimum Gasteiger partial charge on any atom is -0.271 e. The van der Waals surface area contributed by atoms with Crippen molar-refractivity contribution in [3.8, 4) is 12.3 Å². The largest absolute Gasteiger partial charge is 0.271 e. The monoisotopic (exact) mass is 230 g/mol. The molecule has 0 aromatic heterocycles. The second kappa shape index (κ2) is 5.86. The molecule has 1 aromatic carbocycles. The van der Waals surface area contributed by atoms with Crippen LogP contribution < -0.4 is 11.3 Å². The number of rotatable bonds is 4. The third-order valence-corrected chi connectivity index (χ3v) is 2.96. The predicted molar refractivity (Wildman–Crippen MR) is 73.3 cm³/mol. The van der Waals surface area contributed by atoms with Crippen LogP contribution in [-0.2, 0) is 5.41 Å². The first-order chi connectivity index (χ1) is 7.99. The van der Waals surface area contributed by atoms with Crippen LogP contribution in [0.3, 0.4) is 0 Å². The van der Waals surface area contributed by atoms with Crippen LogP contribution in [-0.4, -0.2) is 0 Å². The number of nitrogens with two attached hydrogens (primary N) is 1. The van der Waals surface area contributed by atoms with E-state index in [1.165, 1.54) is 11.1 Å². The Morgan fingerprint density at radius 3 is 2.29 bits per heavy atom. The third kappa shape index (κ3) is 3.89. The summed E-state index contributed by atoms with van der Waals surface area (Å²) >= 11 is 0. The van der Waals surface area contributed by atoms with Crippen molar-refractivity contribution in [2.24, 2.45) is 5.84 Å². The van der Waals surface area contributed by atoms with E-state index in [4.69, 9.17) is 12.3 Å². The van der Waals surface area contributed by atoms with Crippen molar-refractivity contribution in [1.29, 1.82) is 0 Å². The standard InChI is InChI=1S/C15H22N2/c1-5-6-7-14(17-16)12-8-10-13(11-9-12)15(2,3)4/h1,8-11,14,17H,6-7,16H2,2-4H3. The number of hydrogen-bond donors (Lipinski definition) is 2. The molecule has 1 aromatic rings. The van der Waals surface area contributed by atoms with Crippen molar-refractivity contribution >= 4 is 0 Å². The lowest BCUT2D eigenvalue weighted by Crippen LogP contribution is -2.28. The Bertz CT molecular complexity index is 379. The van der Waals surface area contributed by atoms with Crippen molar-refractivity contribution < 1.29 is 0 Å². The first kappa shape index (κ1) is 13.8. The van der Waals surface area contributed by atoms with Crippen LogP contribution in [0.25, 0.3) is 0 Å². The van der Waals surface area contributed by atoms with Gasteiger partial charge in [0.2, 0.25) is 0 Å². The van der Waals surface area contributed by atoms with Crippen molar-refractivity contribution in [3.05, 3.63) is 35.4 Å². The van der Waals surface area contributed by atoms with Crippen molar-refractivity contribution in [2.75, 3.05) is 0 Å². The lowest BCUT2D eigenvalue weighted by atomic mass is 9.86. The molecule has 0 fully saturated rings. The molecule has 0 amide bonds. The Kier molecular flexibility index (Phi) is 4.74. The quantitative estimate of drug-likeness (QED) is 0.474. The van der Waals surface area contributed by atoms with Crippen LogP contribution in [0.1, 0.15) is 50.8 Å². The highest BCUT2D eigenvalue weighted by Gasteiger charge is 2.14. The summed E-state index contributed by atoms with van der Waals surface area (Å²) in [7, 11) is 0. The Morgan fingerprint density at radius 1 is 1.29 bits per heavy atom. The zero-order valence-electron chi connectivity index (χ0n) is 11.0. The molecule has 0 spiro atoms. The van der Waals surface area contributed by atoms with Crippen LogP contribution >= 0.6 is 0 Å². The fraction of sp³-hybridized carbons (Fsp3) is 0.467. The van der Waals surface area contributed by atoms with Gasteiger partial charge < -0.3 is 0 Å². The van der Waals surface area contributed by atoms with Gasteiger partial charge in [-0.15, -0.1) is 12.3 Å². The molecule has 0 aliphatic carbocycles. The molecule has 0 aliphatic heterocycles. The van der Waals surface area contributed by atoms with Gasteiger partial charge in [-0.2, -0.15) is 0 Å². The lowest BCUT2D eigenvalue weighted by Gasteiger charge is -2.21. The molecular formula is C15H22N2. The van der Waals surface area contributed by atoms with Gasteiger partial charge in [0.1, 0.15) is 0 Å². The fourth-order valence-corrected chi connectivity index (χ4v) is 1.79. The normalized spacial score (nSPS) is 13.1. The van der Waals surface area contributed by atoms with E-state index in [0.717, 1.165) is 12.8 Å². The summed E-state index contributed by atoms with van der Waals surface area (Å²) < 4.78 is 0. The SMILES string of the molecule is C#CCCC(NN)c1ccc(C(C)(C)C)cc1. The molecule has 0 heterocycles. The van der Waals surface area contributed by atoms with E-state index in [-0.39, 0.29) is 11.5 Å². The van der Waals surface area contributed by atoms with Gasteiger partial charge in [-0.25, -0.2) is 0 Å². The highest BCUT2D eigenvalue weighted by Crippen LogP contribution is 2.25. The Labute approximate surface area is 105 Å². The average molecular weight is 230 g/mol. The van der Waals surface area contributed by atoms with Crippen LogP contribution in [0.2, 0.25) is 0 Å². The summed E-state index contributed by atoms with van der Waals surface area (Å²) in [5.41, 5.74) is 5.52. The maximum Gasteiger partial charge on any atom is 0.0469 e. The Hall–Kier alpha value is -1.30. The highest BCUT2D eigenvalue weighted by molar-refractivity contribution is 5.29. The van der Waals surface area contributed by atoms with Gasteiger partial charge in [-0.1, -0.05) is 45.0 Å². The molecule has 92 valence electrons. The first-order valence-electron chi connectivity index (χ1n) is 5.99. The van der Waals surface area contributed by atoms with Crippen LogP contribution in [0.5, 0.6) is 0 Å². The molecule has 2 heteroatoms. The van der Waals surface area contributed by atoms with Crippen molar-refractivity contribution in [1.82, 2.24) is 5.43 Å². The van der Waals surface area contributed by atoms with E-state index in [1.807, 2.05) is 0 Å². The minimum absolute atomic E-state index is 0.139. The topological polar surface area (TPSA) is 38.0 Å². The van der Waals surface area contributed by atoms with E-state index >= 15 is 0 Å². The predicted octanol–water partition coefficient (Wildman–Crippen LogP) is 2.90. The minimum atomic E-state index is 0.139. The summed E-state index contributed by atoms with van der Waals surface area (Å²) in [5, 5.41) is 0. The summed E-state index contributed by atoms with van der Waals surface area (Å²) in [6, 6.07) is 8.72. The summed E-state index contributed by atoms with van der Waals surface area (Å²) in [4.78, 5) is 0. The van der Waals surface area contributed by atoms with E-state index in [0.29, 0.717) is 0 Å². The van der Waals surface area contributed by atoms with E-state index in [2.05, 4.69) is 56.4 Å². The number of hydrazine groups is 1. The molecule has 0 saturated heterocycles. The maximum absolute atomic E-state index is 5.55. The molecule has 0 radical (unpaired) electrons. The van der Waals surface area contributed by atoms with Crippen LogP contribution in [0.15, 0.2) is 24.3 Å². The van der Waals surface area contributed by atoms with Gasteiger partial charge in [0, 0.05) is 12.5 Å². The average Bonchev–Trinajstić information content (AvgIpc) is 2.29. The Morgan fingerprint density at radius 2 is 1.88 bits per heavy atom. The van der Waals surface area contributed by atoms with Gasteiger partial charge >= 0.3 is 0 Å². The van der Waals surface area contributed by atoms with Crippen LogP contribution in [0, 0.1) is 12.3 Å². The molecule has 2 nitrogen and oxygen atoms in total. The summed E-state index contributed by atoms with van der Waals surface area (Å²) in [6.07, 6.45) is 6.87. The molecule has 1 rings (SSSR count). The smallest absolute Gasteiger partial charge is 0.0469 e. The molecule has 0 aliphatic rings. The zero-order valence-corrected chi connectivity index (χ0v) is 11.0. The lowest BCUT2D eigenvalue weighted by molar-refractivity contribution is 0.522. The van der Waals surface area contributed by atoms with Gasteiger partial charge in [-0.05, 0) is 23.0 Å². The maximum atomic E-state index is 5.55. The van der Waals surface area contributed by atoms with Gasteiger partial charge in [0.25, 0.3) is 0 Å². The molecule has 3 N–H and O–H groups in total. The van der Waals surface area contributed by atoms with E-state index < -0.39 is 0 Å². The first-order valence-corrected chi connectivity index (χ1v) is 5.99. The second-order valence-electron chi connectivity index (χ2n) is 5.33. The Balaban J connectivity index is 2.82. The van der Waals surface area contributed by atoms with Gasteiger partial charge in [-0.3, -0.25) is 11.3 Å². The zero-order chi connectivity index (χ0) is 12.9. The number of nitrogens with one attached hydrogen (secondary N) is 1. The van der Waals surface area contributed by atoms with Crippen molar-refractivity contribution in [3.63, 3.8) is 0 Å². The second-order valence-corrected chi connectivity index (χ2v) is 5.33. The van der Waals surface area contributed by atoms with Crippen molar-refractivity contribution in [2.45, 2.75) is 45.1 Å². The van der Waals surface area contributed by atoms with Gasteiger partial charge in [0.15, 0.2) is 0 Å². The summed E-state index contributed by atoms with van der Waals surface area (Å²) in [6.45, 7) is 6.62. The van der Waals surface area contributed by atoms with Gasteiger partial charge in [0.05, 0.1) is 0 Å². The number of hydrogen-bond acceptors (Lipinski definition) is 2. The number of terminal acetylenes is 1. The third-order valence-electron chi connectivity index (χ3n) is 2.96. The molecule has 17 heavy (non-hydrogen) atoms. The number of benzene rings is 1. The molecule has 1 atom stereocenters. The highest BCUT2D eigenvalue weighted by atomic mass is 15.2.